The second-order valence-corrected chi connectivity index (χ2v) is 5.75. The van der Waals surface area contributed by atoms with Gasteiger partial charge in [0.15, 0.2) is 5.76 Å². The van der Waals surface area contributed by atoms with E-state index in [1.165, 1.54) is 0 Å². The van der Waals surface area contributed by atoms with E-state index in [9.17, 15) is 4.79 Å². The van der Waals surface area contributed by atoms with Crippen molar-refractivity contribution in [3.8, 4) is 11.3 Å². The summed E-state index contributed by atoms with van der Waals surface area (Å²) in [4.78, 5) is 12.4. The summed E-state index contributed by atoms with van der Waals surface area (Å²) in [5.74, 6) is 0.456. The third kappa shape index (κ3) is 2.17. The lowest BCUT2D eigenvalue weighted by molar-refractivity contribution is 0.615. The SMILES string of the molecule is Cc1ccc2oc(-c3ccccc3Cl)c(Br)c(=O)c2c1. The van der Waals surface area contributed by atoms with Crippen LogP contribution in [0.25, 0.3) is 22.3 Å². The van der Waals surface area contributed by atoms with Crippen LogP contribution in [0.4, 0.5) is 0 Å². The van der Waals surface area contributed by atoms with Gasteiger partial charge in [0.05, 0.1) is 10.4 Å². The van der Waals surface area contributed by atoms with Gasteiger partial charge >= 0.3 is 0 Å². The molecule has 1 aromatic heterocycles. The van der Waals surface area contributed by atoms with Crippen LogP contribution in [0.15, 0.2) is 56.1 Å². The Hall–Kier alpha value is -1.58. The fourth-order valence-electron chi connectivity index (χ4n) is 2.10. The predicted molar refractivity (Wildman–Crippen MR) is 85.4 cm³/mol. The maximum Gasteiger partial charge on any atom is 0.207 e. The van der Waals surface area contributed by atoms with Crippen LogP contribution in [0.2, 0.25) is 5.02 Å². The summed E-state index contributed by atoms with van der Waals surface area (Å²) in [5, 5.41) is 1.11. The minimum Gasteiger partial charge on any atom is -0.455 e. The number of hydrogen-bond acceptors (Lipinski definition) is 2. The molecule has 3 aromatic rings. The molecule has 0 radical (unpaired) electrons. The highest BCUT2D eigenvalue weighted by atomic mass is 79.9. The zero-order valence-electron chi connectivity index (χ0n) is 10.6. The number of rotatable bonds is 1. The Morgan fingerprint density at radius 3 is 2.65 bits per heavy atom. The molecule has 0 fully saturated rings. The second kappa shape index (κ2) is 5.08. The van der Waals surface area contributed by atoms with Gasteiger partial charge in [-0.2, -0.15) is 0 Å². The van der Waals surface area contributed by atoms with Crippen LogP contribution in [-0.2, 0) is 0 Å². The molecule has 0 spiro atoms. The van der Waals surface area contributed by atoms with Gasteiger partial charge < -0.3 is 4.42 Å². The van der Waals surface area contributed by atoms with Gasteiger partial charge in [0.25, 0.3) is 0 Å². The first-order chi connectivity index (χ1) is 9.58. The smallest absolute Gasteiger partial charge is 0.207 e. The van der Waals surface area contributed by atoms with E-state index in [0.29, 0.717) is 31.8 Å². The van der Waals surface area contributed by atoms with Crippen LogP contribution < -0.4 is 5.43 Å². The van der Waals surface area contributed by atoms with Crippen LogP contribution in [-0.4, -0.2) is 0 Å². The average Bonchev–Trinajstić information content (AvgIpc) is 2.44. The molecule has 2 aromatic carbocycles. The predicted octanol–water partition coefficient (Wildman–Crippen LogP) is 5.18. The van der Waals surface area contributed by atoms with Gasteiger partial charge in [-0.1, -0.05) is 35.4 Å². The number of aryl methyl sites for hydroxylation is 1. The quantitative estimate of drug-likeness (QED) is 0.605. The summed E-state index contributed by atoms with van der Waals surface area (Å²) in [6.45, 7) is 1.94. The van der Waals surface area contributed by atoms with Crippen LogP contribution in [0.3, 0.4) is 0 Å². The highest BCUT2D eigenvalue weighted by Crippen LogP contribution is 2.33. The van der Waals surface area contributed by atoms with Gasteiger partial charge in [0, 0.05) is 5.56 Å². The van der Waals surface area contributed by atoms with Crippen molar-refractivity contribution in [2.75, 3.05) is 0 Å². The maximum absolute atomic E-state index is 12.4. The third-order valence-electron chi connectivity index (χ3n) is 3.11. The van der Waals surface area contributed by atoms with Gasteiger partial charge in [-0.15, -0.1) is 0 Å². The van der Waals surface area contributed by atoms with Crippen molar-refractivity contribution in [1.82, 2.24) is 0 Å². The molecular formula is C16H10BrClO2. The summed E-state index contributed by atoms with van der Waals surface area (Å²) in [6.07, 6.45) is 0. The van der Waals surface area contributed by atoms with Crippen molar-refractivity contribution in [2.24, 2.45) is 0 Å². The van der Waals surface area contributed by atoms with Crippen LogP contribution >= 0.6 is 27.5 Å². The van der Waals surface area contributed by atoms with Gasteiger partial charge in [-0.25, -0.2) is 0 Å². The number of fused-ring (bicyclic) bond motifs is 1. The Morgan fingerprint density at radius 1 is 1.15 bits per heavy atom. The van der Waals surface area contributed by atoms with E-state index >= 15 is 0 Å². The summed E-state index contributed by atoms with van der Waals surface area (Å²) in [5.41, 5.74) is 2.17. The van der Waals surface area contributed by atoms with Crippen molar-refractivity contribution in [2.45, 2.75) is 6.92 Å². The number of hydrogen-bond donors (Lipinski definition) is 0. The summed E-state index contributed by atoms with van der Waals surface area (Å²) < 4.78 is 6.26. The first-order valence-corrected chi connectivity index (χ1v) is 7.23. The second-order valence-electron chi connectivity index (χ2n) is 4.55. The molecule has 0 aliphatic carbocycles. The molecule has 2 nitrogen and oxygen atoms in total. The molecule has 0 unspecified atom stereocenters. The minimum absolute atomic E-state index is 0.0927. The maximum atomic E-state index is 12.4. The molecular weight excluding hydrogens is 340 g/mol. The Bertz CT molecular complexity index is 868. The zero-order valence-corrected chi connectivity index (χ0v) is 13.0. The van der Waals surface area contributed by atoms with E-state index in [1.54, 1.807) is 12.1 Å². The molecule has 1 heterocycles. The van der Waals surface area contributed by atoms with E-state index in [1.807, 2.05) is 37.3 Å². The van der Waals surface area contributed by atoms with Gasteiger partial charge in [0.1, 0.15) is 10.1 Å². The van der Waals surface area contributed by atoms with Crippen molar-refractivity contribution < 1.29 is 4.42 Å². The Morgan fingerprint density at radius 2 is 1.90 bits per heavy atom. The van der Waals surface area contributed by atoms with Gasteiger partial charge in [-0.3, -0.25) is 4.79 Å². The molecule has 0 aliphatic rings. The fraction of sp³-hybridized carbons (Fsp3) is 0.0625. The fourth-order valence-corrected chi connectivity index (χ4v) is 2.83. The average molecular weight is 350 g/mol. The highest BCUT2D eigenvalue weighted by molar-refractivity contribution is 9.10. The molecule has 0 aliphatic heterocycles. The molecule has 4 heteroatoms. The van der Waals surface area contributed by atoms with Gasteiger partial charge in [-0.05, 0) is 47.1 Å². The molecule has 100 valence electrons. The van der Waals surface area contributed by atoms with Crippen molar-refractivity contribution in [3.63, 3.8) is 0 Å². The molecule has 0 atom stereocenters. The number of benzene rings is 2. The van der Waals surface area contributed by atoms with Crippen molar-refractivity contribution in [3.05, 3.63) is 67.7 Å². The van der Waals surface area contributed by atoms with E-state index in [0.717, 1.165) is 5.56 Å². The Labute approximate surface area is 129 Å². The van der Waals surface area contributed by atoms with Crippen LogP contribution in [0.5, 0.6) is 0 Å². The molecule has 0 saturated heterocycles. The van der Waals surface area contributed by atoms with Crippen molar-refractivity contribution >= 4 is 38.5 Å². The first-order valence-electron chi connectivity index (χ1n) is 6.06. The zero-order chi connectivity index (χ0) is 14.3. The van der Waals surface area contributed by atoms with Crippen LogP contribution in [0.1, 0.15) is 5.56 Å². The lowest BCUT2D eigenvalue weighted by atomic mass is 10.1. The molecule has 0 N–H and O–H groups in total. The lowest BCUT2D eigenvalue weighted by Crippen LogP contribution is -2.04. The molecule has 0 amide bonds. The van der Waals surface area contributed by atoms with Gasteiger partial charge in [0.2, 0.25) is 5.43 Å². The lowest BCUT2D eigenvalue weighted by Gasteiger charge is -2.08. The van der Waals surface area contributed by atoms with E-state index in [4.69, 9.17) is 16.0 Å². The Balaban J connectivity index is 2.39. The standard InChI is InChI=1S/C16H10BrClO2/c1-9-6-7-13-11(8-9)15(19)14(17)16(20-13)10-4-2-3-5-12(10)18/h2-8H,1H3. The summed E-state index contributed by atoms with van der Waals surface area (Å²) in [7, 11) is 0. The monoisotopic (exact) mass is 348 g/mol. The molecule has 20 heavy (non-hydrogen) atoms. The largest absolute Gasteiger partial charge is 0.455 e. The van der Waals surface area contributed by atoms with Crippen LogP contribution in [0, 0.1) is 6.92 Å². The Kier molecular flexibility index (Phi) is 3.40. The highest BCUT2D eigenvalue weighted by Gasteiger charge is 2.15. The summed E-state index contributed by atoms with van der Waals surface area (Å²) >= 11 is 9.51. The van der Waals surface area contributed by atoms with E-state index in [2.05, 4.69) is 15.9 Å². The normalized spacial score (nSPS) is 10.9. The number of halogens is 2. The molecule has 0 bridgehead atoms. The molecule has 3 rings (SSSR count). The summed E-state index contributed by atoms with van der Waals surface area (Å²) in [6, 6.07) is 12.8. The topological polar surface area (TPSA) is 30.2 Å². The first kappa shape index (κ1) is 13.4. The van der Waals surface area contributed by atoms with Crippen molar-refractivity contribution in [1.29, 1.82) is 0 Å². The minimum atomic E-state index is -0.0927. The molecule has 0 saturated carbocycles. The van der Waals surface area contributed by atoms with E-state index in [-0.39, 0.29) is 5.43 Å². The van der Waals surface area contributed by atoms with E-state index < -0.39 is 0 Å². The third-order valence-corrected chi connectivity index (χ3v) is 4.16.